The highest BCUT2D eigenvalue weighted by atomic mass is 16.5. The van der Waals surface area contributed by atoms with Crippen LogP contribution in [-0.4, -0.2) is 49.2 Å². The second-order valence-electron chi connectivity index (χ2n) is 6.01. The number of ether oxygens (including phenoxy) is 1. The summed E-state index contributed by atoms with van der Waals surface area (Å²) in [7, 11) is 0. The molecule has 0 radical (unpaired) electrons. The second-order valence-corrected chi connectivity index (χ2v) is 6.01. The van der Waals surface area contributed by atoms with Crippen LogP contribution in [0.3, 0.4) is 0 Å². The average Bonchev–Trinajstić information content (AvgIpc) is 2.58. The van der Waals surface area contributed by atoms with Gasteiger partial charge in [-0.15, -0.1) is 0 Å². The number of likely N-dealkylation sites (tertiary alicyclic amines) is 1. The Morgan fingerprint density at radius 2 is 1.83 bits per heavy atom. The van der Waals surface area contributed by atoms with E-state index in [9.17, 15) is 9.59 Å². The Bertz CT molecular complexity index is 537. The first kappa shape index (κ1) is 18.3. The number of esters is 1. The van der Waals surface area contributed by atoms with Crippen LogP contribution in [0, 0.1) is 0 Å². The fraction of sp³-hybridized carbons (Fsp3) is 0.556. The Kier molecular flexibility index (Phi) is 7.06. The Morgan fingerprint density at radius 1 is 1.17 bits per heavy atom. The number of amides is 2. The molecular weight excluding hydrogens is 306 g/mol. The summed E-state index contributed by atoms with van der Waals surface area (Å²) in [5, 5.41) is 5.83. The summed E-state index contributed by atoms with van der Waals surface area (Å²) in [5.41, 5.74) is 1.13. The first-order chi connectivity index (χ1) is 11.6. The lowest BCUT2D eigenvalue weighted by Crippen LogP contribution is -2.46. The molecule has 132 valence electrons. The van der Waals surface area contributed by atoms with Gasteiger partial charge in [-0.25, -0.2) is 9.59 Å². The summed E-state index contributed by atoms with van der Waals surface area (Å²) in [5.74, 6) is -0.354. The van der Waals surface area contributed by atoms with Gasteiger partial charge in [0.15, 0.2) is 0 Å². The quantitative estimate of drug-likeness (QED) is 0.785. The number of nitrogens with one attached hydrogen (secondary N) is 2. The molecule has 0 bridgehead atoms. The first-order valence-electron chi connectivity index (χ1n) is 8.69. The number of hydrogen-bond donors (Lipinski definition) is 2. The van der Waals surface area contributed by atoms with E-state index in [-0.39, 0.29) is 18.0 Å². The molecule has 0 spiro atoms. The fourth-order valence-corrected chi connectivity index (χ4v) is 2.87. The van der Waals surface area contributed by atoms with Crippen molar-refractivity contribution in [2.24, 2.45) is 0 Å². The molecule has 2 amide bonds. The van der Waals surface area contributed by atoms with Crippen molar-refractivity contribution in [2.75, 3.05) is 31.6 Å². The van der Waals surface area contributed by atoms with Crippen molar-refractivity contribution in [1.29, 1.82) is 0 Å². The lowest BCUT2D eigenvalue weighted by atomic mass is 10.1. The molecule has 1 fully saturated rings. The van der Waals surface area contributed by atoms with Gasteiger partial charge in [0.25, 0.3) is 0 Å². The van der Waals surface area contributed by atoms with E-state index in [1.165, 1.54) is 6.42 Å². The molecule has 24 heavy (non-hydrogen) atoms. The van der Waals surface area contributed by atoms with Gasteiger partial charge in [-0.2, -0.15) is 0 Å². The molecule has 0 saturated carbocycles. The van der Waals surface area contributed by atoms with Gasteiger partial charge in [0.2, 0.25) is 0 Å². The number of nitrogens with zero attached hydrogens (tertiary/aromatic N) is 1. The fourth-order valence-electron chi connectivity index (χ4n) is 2.87. The predicted molar refractivity (Wildman–Crippen MR) is 94.3 cm³/mol. The van der Waals surface area contributed by atoms with Gasteiger partial charge in [-0.05, 0) is 57.0 Å². The minimum atomic E-state index is -0.354. The number of benzene rings is 1. The van der Waals surface area contributed by atoms with Crippen LogP contribution in [0.2, 0.25) is 0 Å². The van der Waals surface area contributed by atoms with E-state index in [1.807, 2.05) is 0 Å². The molecule has 2 N–H and O–H groups in total. The van der Waals surface area contributed by atoms with E-state index < -0.39 is 0 Å². The SMILES string of the molecule is CCCN1CCC(NC(=O)Nc2ccc(C(=O)OCC)cc2)CC1. The van der Waals surface area contributed by atoms with E-state index in [2.05, 4.69) is 22.5 Å². The number of rotatable bonds is 6. The van der Waals surface area contributed by atoms with Crippen LogP contribution in [-0.2, 0) is 4.74 Å². The third kappa shape index (κ3) is 5.53. The number of hydrogen-bond acceptors (Lipinski definition) is 4. The summed E-state index contributed by atoms with van der Waals surface area (Å²) in [6, 6.07) is 6.73. The van der Waals surface area contributed by atoms with Crippen molar-refractivity contribution in [3.05, 3.63) is 29.8 Å². The highest BCUT2D eigenvalue weighted by Gasteiger charge is 2.20. The van der Waals surface area contributed by atoms with E-state index in [0.29, 0.717) is 17.9 Å². The first-order valence-corrected chi connectivity index (χ1v) is 8.69. The standard InChI is InChI=1S/C18H27N3O3/c1-3-11-21-12-9-16(10-13-21)20-18(23)19-15-7-5-14(6-8-15)17(22)24-4-2/h5-8,16H,3-4,9-13H2,1-2H3,(H2,19,20,23). The molecule has 0 unspecified atom stereocenters. The highest BCUT2D eigenvalue weighted by molar-refractivity contribution is 5.92. The Labute approximate surface area is 143 Å². The van der Waals surface area contributed by atoms with Gasteiger partial charge in [0.05, 0.1) is 12.2 Å². The molecule has 1 aromatic rings. The molecule has 1 aliphatic rings. The zero-order chi connectivity index (χ0) is 17.4. The van der Waals surface area contributed by atoms with Gasteiger partial charge in [-0.3, -0.25) is 0 Å². The molecule has 6 heteroatoms. The van der Waals surface area contributed by atoms with Crippen molar-refractivity contribution >= 4 is 17.7 Å². The van der Waals surface area contributed by atoms with E-state index in [0.717, 1.165) is 32.5 Å². The van der Waals surface area contributed by atoms with Crippen LogP contribution in [0.5, 0.6) is 0 Å². The summed E-state index contributed by atoms with van der Waals surface area (Å²) < 4.78 is 4.93. The minimum absolute atomic E-state index is 0.201. The number of piperidine rings is 1. The van der Waals surface area contributed by atoms with Crippen molar-refractivity contribution < 1.29 is 14.3 Å². The van der Waals surface area contributed by atoms with Crippen LogP contribution >= 0.6 is 0 Å². The smallest absolute Gasteiger partial charge is 0.338 e. The van der Waals surface area contributed by atoms with Crippen molar-refractivity contribution in [1.82, 2.24) is 10.2 Å². The third-order valence-corrected chi connectivity index (χ3v) is 4.12. The van der Waals surface area contributed by atoms with Crippen LogP contribution in [0.1, 0.15) is 43.5 Å². The monoisotopic (exact) mass is 333 g/mol. The Hall–Kier alpha value is -2.08. The molecule has 1 aromatic carbocycles. The maximum atomic E-state index is 12.1. The van der Waals surface area contributed by atoms with Crippen LogP contribution in [0.25, 0.3) is 0 Å². The summed E-state index contributed by atoms with van der Waals surface area (Å²) >= 11 is 0. The van der Waals surface area contributed by atoms with E-state index in [4.69, 9.17) is 4.74 Å². The molecular formula is C18H27N3O3. The van der Waals surface area contributed by atoms with E-state index >= 15 is 0 Å². The molecule has 1 heterocycles. The predicted octanol–water partition coefficient (Wildman–Crippen LogP) is 2.86. The number of anilines is 1. The summed E-state index contributed by atoms with van der Waals surface area (Å²) in [6.45, 7) is 7.50. The highest BCUT2D eigenvalue weighted by Crippen LogP contribution is 2.13. The molecule has 0 aromatic heterocycles. The van der Waals surface area contributed by atoms with Gasteiger partial charge in [0, 0.05) is 24.8 Å². The minimum Gasteiger partial charge on any atom is -0.462 e. The van der Waals surface area contributed by atoms with Crippen LogP contribution < -0.4 is 10.6 Å². The van der Waals surface area contributed by atoms with Gasteiger partial charge < -0.3 is 20.3 Å². The molecule has 2 rings (SSSR count). The van der Waals surface area contributed by atoms with Crippen molar-refractivity contribution in [3.8, 4) is 0 Å². The molecule has 6 nitrogen and oxygen atoms in total. The lowest BCUT2D eigenvalue weighted by Gasteiger charge is -2.32. The van der Waals surface area contributed by atoms with Gasteiger partial charge in [0.1, 0.15) is 0 Å². The average molecular weight is 333 g/mol. The number of carbonyl (C=O) groups excluding carboxylic acids is 2. The lowest BCUT2D eigenvalue weighted by molar-refractivity contribution is 0.0526. The molecule has 1 aliphatic heterocycles. The maximum absolute atomic E-state index is 12.1. The molecule has 0 atom stereocenters. The summed E-state index contributed by atoms with van der Waals surface area (Å²) in [6.07, 6.45) is 3.13. The largest absolute Gasteiger partial charge is 0.462 e. The zero-order valence-electron chi connectivity index (χ0n) is 14.5. The van der Waals surface area contributed by atoms with E-state index in [1.54, 1.807) is 31.2 Å². The maximum Gasteiger partial charge on any atom is 0.338 e. The second kappa shape index (κ2) is 9.27. The van der Waals surface area contributed by atoms with Crippen molar-refractivity contribution in [3.63, 3.8) is 0 Å². The van der Waals surface area contributed by atoms with Crippen LogP contribution in [0.4, 0.5) is 10.5 Å². The zero-order valence-corrected chi connectivity index (χ0v) is 14.5. The van der Waals surface area contributed by atoms with Crippen molar-refractivity contribution in [2.45, 2.75) is 39.2 Å². The molecule has 1 saturated heterocycles. The topological polar surface area (TPSA) is 70.7 Å². The van der Waals surface area contributed by atoms with Gasteiger partial charge in [-0.1, -0.05) is 6.92 Å². The van der Waals surface area contributed by atoms with Crippen LogP contribution in [0.15, 0.2) is 24.3 Å². The Morgan fingerprint density at radius 3 is 2.42 bits per heavy atom. The summed E-state index contributed by atoms with van der Waals surface area (Å²) in [4.78, 5) is 26.1. The normalized spacial score (nSPS) is 15.8. The molecule has 0 aliphatic carbocycles. The van der Waals surface area contributed by atoms with Gasteiger partial charge >= 0.3 is 12.0 Å². The third-order valence-electron chi connectivity index (χ3n) is 4.12. The Balaban J connectivity index is 1.77. The number of urea groups is 1. The number of carbonyl (C=O) groups is 2.